The van der Waals surface area contributed by atoms with Crippen molar-refractivity contribution in [3.63, 3.8) is 0 Å². The van der Waals surface area contributed by atoms with E-state index in [1.54, 1.807) is 0 Å². The molecule has 136 valence electrons. The van der Waals surface area contributed by atoms with E-state index in [-0.39, 0.29) is 45.7 Å². The van der Waals surface area contributed by atoms with E-state index in [9.17, 15) is 9.59 Å². The predicted molar refractivity (Wildman–Crippen MR) is 81.6 cm³/mol. The number of hydrogen-bond donors (Lipinski definition) is 2. The van der Waals surface area contributed by atoms with Gasteiger partial charge in [0, 0.05) is 33.8 Å². The van der Waals surface area contributed by atoms with E-state index in [4.69, 9.17) is 10.2 Å². The maximum absolute atomic E-state index is 10.4. The molecule has 0 saturated heterocycles. The number of rotatable bonds is 10. The van der Waals surface area contributed by atoms with Gasteiger partial charge in [-0.2, -0.15) is 6.42 Å². The van der Waals surface area contributed by atoms with Crippen LogP contribution in [0.25, 0.3) is 0 Å². The summed E-state index contributed by atoms with van der Waals surface area (Å²) in [4.78, 5) is 20.8. The van der Waals surface area contributed by atoms with Crippen molar-refractivity contribution in [3.8, 4) is 0 Å². The molecule has 0 rings (SSSR count). The molecular weight excluding hydrogens is 370 g/mol. The van der Waals surface area contributed by atoms with Crippen LogP contribution in [0.1, 0.15) is 72.6 Å². The van der Waals surface area contributed by atoms with Crippen molar-refractivity contribution in [2.45, 2.75) is 72.6 Å². The fraction of sp³-hybridized carbons (Fsp3) is 0.812. The number of carbonyl (C=O) groups is 2. The third-order valence-corrected chi connectivity index (χ3v) is 3.25. The Hall–Kier alpha value is -0.0340. The molecule has 2 radical (unpaired) electrons. The van der Waals surface area contributed by atoms with Crippen LogP contribution in [-0.2, 0) is 43.4 Å². The van der Waals surface area contributed by atoms with Gasteiger partial charge in [-0.3, -0.25) is 9.59 Å². The van der Waals surface area contributed by atoms with Crippen LogP contribution in [0.3, 0.4) is 0 Å². The van der Waals surface area contributed by atoms with Crippen molar-refractivity contribution in [1.29, 1.82) is 0 Å². The van der Waals surface area contributed by atoms with Crippen molar-refractivity contribution in [2.75, 3.05) is 0 Å². The zero-order chi connectivity index (χ0) is 16.0. The van der Waals surface area contributed by atoms with Crippen LogP contribution in [0.15, 0.2) is 0 Å². The first-order chi connectivity index (χ1) is 9.44. The normalized spacial score (nSPS) is 11.8. The van der Waals surface area contributed by atoms with Crippen molar-refractivity contribution in [3.05, 3.63) is 6.42 Å². The first kappa shape index (κ1) is 29.9. The number of carboxylic acids is 2. The van der Waals surface area contributed by atoms with Gasteiger partial charge >= 0.3 is 5.97 Å². The van der Waals surface area contributed by atoms with Gasteiger partial charge in [-0.05, 0) is 12.8 Å². The molecule has 0 fully saturated rings. The van der Waals surface area contributed by atoms with Gasteiger partial charge in [0.25, 0.3) is 5.97 Å². The van der Waals surface area contributed by atoms with E-state index in [1.807, 2.05) is 27.2 Å². The predicted octanol–water partition coefficient (Wildman–Crippen LogP) is 4.38. The van der Waals surface area contributed by atoms with Gasteiger partial charge in [0.05, 0.1) is 5.92 Å². The minimum atomic E-state index is -0.698. The van der Waals surface area contributed by atoms with Crippen molar-refractivity contribution in [2.24, 2.45) is 11.8 Å². The molecule has 2 N–H and O–H groups in total. The average Bonchev–Trinajstić information content (AvgIpc) is 2.40. The second kappa shape index (κ2) is 21.0. The smallest absolute Gasteiger partial charge is 0.306 e. The van der Waals surface area contributed by atoms with Crippen LogP contribution in [0.4, 0.5) is 0 Å². The maximum atomic E-state index is 10.4. The molecule has 2 unspecified atom stereocenters. The first-order valence-corrected chi connectivity index (χ1v) is 7.73. The Bertz CT molecular complexity index is 237. The zero-order valence-corrected chi connectivity index (χ0v) is 16.3. The summed E-state index contributed by atoms with van der Waals surface area (Å²) in [7, 11) is 0. The summed E-state index contributed by atoms with van der Waals surface area (Å²) in [6.07, 6.45) is 8.23. The summed E-state index contributed by atoms with van der Waals surface area (Å²) in [5.74, 6) is -1.69. The molecule has 0 aliphatic rings. The Morgan fingerprint density at radius 2 is 1.50 bits per heavy atom. The standard InChI is InChI=1S/C8H16O2.C8H15O2.Co.Mn/c2*1-3-5-6-7(4-2)8(9)10;;/h7H,3-6H2,1-2H3,(H,9,10);6-7H,3-5H2,1-2H3,(H,9,10);;/q;-1;;. The monoisotopic (exact) mass is 401 g/mol. The van der Waals surface area contributed by atoms with Crippen LogP contribution in [0.5, 0.6) is 0 Å². The Balaban J connectivity index is -0.000000135. The molecule has 0 spiro atoms. The third kappa shape index (κ3) is 18.0. The largest absolute Gasteiger partial charge is 0.483 e. The first-order valence-electron chi connectivity index (χ1n) is 7.73. The van der Waals surface area contributed by atoms with Gasteiger partial charge in [-0.25, -0.2) is 0 Å². The minimum absolute atomic E-state index is 0. The summed E-state index contributed by atoms with van der Waals surface area (Å²) in [5, 5.41) is 17.2. The molecule has 0 aliphatic carbocycles. The fourth-order valence-electron chi connectivity index (χ4n) is 1.76. The number of unbranched alkanes of at least 4 members (excludes halogenated alkanes) is 2. The number of carboxylic acid groups (broad SMARTS) is 2. The molecule has 0 saturated carbocycles. The van der Waals surface area contributed by atoms with E-state index >= 15 is 0 Å². The summed E-state index contributed by atoms with van der Waals surface area (Å²) in [6, 6.07) is 0. The molecule has 0 bridgehead atoms. The van der Waals surface area contributed by atoms with E-state index in [2.05, 4.69) is 6.92 Å². The van der Waals surface area contributed by atoms with E-state index < -0.39 is 11.9 Å². The van der Waals surface area contributed by atoms with E-state index in [0.29, 0.717) is 6.42 Å². The molecule has 4 nitrogen and oxygen atoms in total. The van der Waals surface area contributed by atoms with Crippen LogP contribution in [0.2, 0.25) is 0 Å². The second-order valence-corrected chi connectivity index (χ2v) is 4.96. The zero-order valence-electron chi connectivity index (χ0n) is 14.1. The van der Waals surface area contributed by atoms with Gasteiger partial charge in [-0.15, -0.1) is 0 Å². The molecule has 0 aromatic rings. The molecule has 0 amide bonds. The van der Waals surface area contributed by atoms with Crippen LogP contribution in [0, 0.1) is 18.3 Å². The van der Waals surface area contributed by atoms with Gasteiger partial charge in [-0.1, -0.05) is 59.3 Å². The van der Waals surface area contributed by atoms with Crippen molar-refractivity contribution < 1.29 is 53.6 Å². The molecule has 0 aromatic carbocycles. The van der Waals surface area contributed by atoms with Gasteiger partial charge < -0.3 is 16.6 Å². The molecule has 22 heavy (non-hydrogen) atoms. The molecule has 0 heterocycles. The Morgan fingerprint density at radius 3 is 1.77 bits per heavy atom. The third-order valence-electron chi connectivity index (χ3n) is 3.25. The van der Waals surface area contributed by atoms with Crippen LogP contribution < -0.4 is 0 Å². The minimum Gasteiger partial charge on any atom is -0.483 e. The van der Waals surface area contributed by atoms with E-state index in [0.717, 1.165) is 38.5 Å². The average molecular weight is 401 g/mol. The number of aliphatic carboxylic acids is 2. The Kier molecular flexibility index (Phi) is 28.5. The fourth-order valence-corrected chi connectivity index (χ4v) is 1.76. The van der Waals surface area contributed by atoms with Crippen LogP contribution >= 0.6 is 0 Å². The molecular formula is C16H31CoMnO4-. The quantitative estimate of drug-likeness (QED) is 0.421. The van der Waals surface area contributed by atoms with Gasteiger partial charge in [0.1, 0.15) is 0 Å². The van der Waals surface area contributed by atoms with Gasteiger partial charge in [0.2, 0.25) is 0 Å². The molecule has 2 atom stereocenters. The SMILES string of the molecule is CCCCC(CC)C(=O)O.CCC[CH-]C(CC)C(=O)O.[Co].[Mn]. The van der Waals surface area contributed by atoms with Gasteiger partial charge in [0.15, 0.2) is 0 Å². The van der Waals surface area contributed by atoms with Crippen molar-refractivity contribution >= 4 is 11.9 Å². The van der Waals surface area contributed by atoms with Crippen molar-refractivity contribution in [1.82, 2.24) is 0 Å². The Labute approximate surface area is 156 Å². The number of hydrogen-bond acceptors (Lipinski definition) is 2. The summed E-state index contributed by atoms with van der Waals surface area (Å²) < 4.78 is 0. The second-order valence-electron chi connectivity index (χ2n) is 4.96. The molecule has 6 heteroatoms. The Morgan fingerprint density at radius 1 is 0.955 bits per heavy atom. The van der Waals surface area contributed by atoms with E-state index in [1.165, 1.54) is 0 Å². The summed E-state index contributed by atoms with van der Waals surface area (Å²) in [5.41, 5.74) is 0. The summed E-state index contributed by atoms with van der Waals surface area (Å²) >= 11 is 0. The summed E-state index contributed by atoms with van der Waals surface area (Å²) in [6.45, 7) is 7.94. The van der Waals surface area contributed by atoms with Crippen LogP contribution in [-0.4, -0.2) is 22.2 Å². The molecule has 0 aliphatic heterocycles. The maximum Gasteiger partial charge on any atom is 0.306 e. The molecule has 0 aromatic heterocycles. The topological polar surface area (TPSA) is 74.6 Å².